The van der Waals surface area contributed by atoms with Crippen molar-refractivity contribution in [1.82, 2.24) is 0 Å². The Morgan fingerprint density at radius 2 is 1.90 bits per heavy atom. The van der Waals surface area contributed by atoms with Gasteiger partial charge in [-0.2, -0.15) is 4.39 Å². The van der Waals surface area contributed by atoms with Crippen LogP contribution in [-0.4, -0.2) is 4.92 Å². The number of aryl methyl sites for hydroxylation is 1. The SMILES string of the molecule is Cc1ccc(Oc2cc(F)c([N+](=O)[O-])cc2F)c(CN)c1. The van der Waals surface area contributed by atoms with Gasteiger partial charge < -0.3 is 10.5 Å². The Balaban J connectivity index is 2.41. The number of hydrogen-bond donors (Lipinski definition) is 1. The molecule has 2 rings (SSSR count). The van der Waals surface area contributed by atoms with E-state index in [0.717, 1.165) is 5.56 Å². The van der Waals surface area contributed by atoms with Crippen LogP contribution in [-0.2, 0) is 6.54 Å². The molecule has 2 N–H and O–H groups in total. The van der Waals surface area contributed by atoms with Gasteiger partial charge in [-0.15, -0.1) is 0 Å². The topological polar surface area (TPSA) is 78.4 Å². The summed E-state index contributed by atoms with van der Waals surface area (Å²) in [5, 5.41) is 10.5. The number of benzene rings is 2. The van der Waals surface area contributed by atoms with Crippen molar-refractivity contribution in [2.75, 3.05) is 0 Å². The zero-order valence-corrected chi connectivity index (χ0v) is 11.1. The fraction of sp³-hybridized carbons (Fsp3) is 0.143. The summed E-state index contributed by atoms with van der Waals surface area (Å²) in [5.74, 6) is -2.35. The Labute approximate surface area is 119 Å². The van der Waals surface area contributed by atoms with Crippen molar-refractivity contribution in [1.29, 1.82) is 0 Å². The quantitative estimate of drug-likeness (QED) is 0.692. The summed E-state index contributed by atoms with van der Waals surface area (Å²) >= 11 is 0. The Bertz CT molecular complexity index is 705. The maximum atomic E-state index is 13.8. The van der Waals surface area contributed by atoms with Crippen LogP contribution < -0.4 is 10.5 Å². The van der Waals surface area contributed by atoms with Gasteiger partial charge in [0.25, 0.3) is 0 Å². The lowest BCUT2D eigenvalue weighted by atomic mass is 10.1. The van der Waals surface area contributed by atoms with E-state index in [9.17, 15) is 18.9 Å². The lowest BCUT2D eigenvalue weighted by Gasteiger charge is -2.11. The molecule has 5 nitrogen and oxygen atoms in total. The van der Waals surface area contributed by atoms with Gasteiger partial charge in [0.05, 0.1) is 11.0 Å². The first-order chi connectivity index (χ1) is 9.92. The van der Waals surface area contributed by atoms with Crippen molar-refractivity contribution in [3.8, 4) is 11.5 Å². The Morgan fingerprint density at radius 1 is 1.19 bits per heavy atom. The van der Waals surface area contributed by atoms with E-state index >= 15 is 0 Å². The van der Waals surface area contributed by atoms with Crippen LogP contribution in [0.3, 0.4) is 0 Å². The minimum atomic E-state index is -1.17. The average molecular weight is 294 g/mol. The highest BCUT2D eigenvalue weighted by atomic mass is 19.1. The normalized spacial score (nSPS) is 10.5. The predicted molar refractivity (Wildman–Crippen MR) is 72.2 cm³/mol. The third kappa shape index (κ3) is 3.14. The second-order valence-corrected chi connectivity index (χ2v) is 4.41. The highest BCUT2D eigenvalue weighted by Gasteiger charge is 2.20. The molecule has 7 heteroatoms. The number of halogens is 2. The van der Waals surface area contributed by atoms with Crippen LogP contribution in [0.1, 0.15) is 11.1 Å². The number of hydrogen-bond acceptors (Lipinski definition) is 4. The summed E-state index contributed by atoms with van der Waals surface area (Å²) < 4.78 is 32.6. The van der Waals surface area contributed by atoms with Crippen LogP contribution in [0.25, 0.3) is 0 Å². The van der Waals surface area contributed by atoms with Crippen molar-refractivity contribution >= 4 is 5.69 Å². The minimum Gasteiger partial charge on any atom is -0.454 e. The summed E-state index contributed by atoms with van der Waals surface area (Å²) in [5.41, 5.74) is 6.19. The summed E-state index contributed by atoms with van der Waals surface area (Å²) in [4.78, 5) is 9.52. The van der Waals surface area contributed by atoms with E-state index in [1.165, 1.54) is 0 Å². The summed E-state index contributed by atoms with van der Waals surface area (Å²) in [6.45, 7) is 2.02. The van der Waals surface area contributed by atoms with E-state index in [0.29, 0.717) is 17.7 Å². The smallest absolute Gasteiger partial charge is 0.307 e. The number of nitrogens with two attached hydrogens (primary N) is 1. The molecule has 0 aromatic heterocycles. The van der Waals surface area contributed by atoms with Gasteiger partial charge in [-0.1, -0.05) is 17.7 Å². The number of nitrogens with zero attached hydrogens (tertiary/aromatic N) is 1. The zero-order valence-electron chi connectivity index (χ0n) is 11.1. The molecule has 0 amide bonds. The minimum absolute atomic E-state index is 0.161. The molecule has 0 radical (unpaired) electrons. The van der Waals surface area contributed by atoms with Gasteiger partial charge >= 0.3 is 5.69 Å². The third-order valence-corrected chi connectivity index (χ3v) is 2.85. The molecule has 2 aromatic rings. The monoisotopic (exact) mass is 294 g/mol. The molecule has 0 aliphatic rings. The van der Waals surface area contributed by atoms with Crippen LogP contribution in [0.4, 0.5) is 14.5 Å². The van der Waals surface area contributed by atoms with E-state index in [2.05, 4.69) is 0 Å². The molecule has 0 spiro atoms. The van der Waals surface area contributed by atoms with Crippen molar-refractivity contribution in [3.05, 3.63) is 63.2 Å². The van der Waals surface area contributed by atoms with Crippen LogP contribution in [0, 0.1) is 28.7 Å². The van der Waals surface area contributed by atoms with Gasteiger partial charge in [-0.3, -0.25) is 10.1 Å². The fourth-order valence-electron chi connectivity index (χ4n) is 1.82. The molecule has 0 saturated heterocycles. The average Bonchev–Trinajstić information content (AvgIpc) is 2.43. The van der Waals surface area contributed by atoms with E-state index in [-0.39, 0.29) is 12.3 Å². The molecule has 0 bridgehead atoms. The Kier molecular flexibility index (Phi) is 4.13. The lowest BCUT2D eigenvalue weighted by Crippen LogP contribution is -2.01. The molecular formula is C14H12F2N2O3. The van der Waals surface area contributed by atoms with Crippen LogP contribution >= 0.6 is 0 Å². The first-order valence-electron chi connectivity index (χ1n) is 6.03. The van der Waals surface area contributed by atoms with Crippen LogP contribution in [0.2, 0.25) is 0 Å². The van der Waals surface area contributed by atoms with Gasteiger partial charge in [0.15, 0.2) is 11.6 Å². The summed E-state index contributed by atoms with van der Waals surface area (Å²) in [7, 11) is 0. The van der Waals surface area contributed by atoms with Crippen LogP contribution in [0.5, 0.6) is 11.5 Å². The fourth-order valence-corrected chi connectivity index (χ4v) is 1.82. The first kappa shape index (κ1) is 14.9. The molecule has 0 aliphatic carbocycles. The van der Waals surface area contributed by atoms with E-state index in [1.54, 1.807) is 18.2 Å². The Hall–Kier alpha value is -2.54. The molecule has 0 unspecified atom stereocenters. The summed E-state index contributed by atoms with van der Waals surface area (Å²) in [6, 6.07) is 6.20. The van der Waals surface area contributed by atoms with Crippen molar-refractivity contribution in [3.63, 3.8) is 0 Å². The molecule has 0 aliphatic heterocycles. The standard InChI is InChI=1S/C14H12F2N2O3/c1-8-2-3-13(9(4-8)7-17)21-14-6-10(15)12(18(19)20)5-11(14)16/h2-6H,7,17H2,1H3. The van der Waals surface area contributed by atoms with Crippen LogP contribution in [0.15, 0.2) is 30.3 Å². The Morgan fingerprint density at radius 3 is 2.52 bits per heavy atom. The maximum absolute atomic E-state index is 13.8. The zero-order chi connectivity index (χ0) is 15.6. The van der Waals surface area contributed by atoms with Gasteiger partial charge in [0, 0.05) is 18.2 Å². The van der Waals surface area contributed by atoms with Gasteiger partial charge in [0.1, 0.15) is 5.75 Å². The molecule has 110 valence electrons. The number of rotatable bonds is 4. The predicted octanol–water partition coefficient (Wildman–Crippen LogP) is 3.43. The van der Waals surface area contributed by atoms with Crippen molar-refractivity contribution < 1.29 is 18.4 Å². The molecule has 0 saturated carbocycles. The third-order valence-electron chi connectivity index (χ3n) is 2.85. The van der Waals surface area contributed by atoms with E-state index in [1.807, 2.05) is 6.92 Å². The van der Waals surface area contributed by atoms with Crippen molar-refractivity contribution in [2.45, 2.75) is 13.5 Å². The maximum Gasteiger partial charge on any atom is 0.307 e. The molecule has 0 atom stereocenters. The van der Waals surface area contributed by atoms with Gasteiger partial charge in [0.2, 0.25) is 5.82 Å². The first-order valence-corrected chi connectivity index (χ1v) is 6.03. The molecule has 21 heavy (non-hydrogen) atoms. The second kappa shape index (κ2) is 5.84. The lowest BCUT2D eigenvalue weighted by molar-refractivity contribution is -0.387. The number of nitro benzene ring substituents is 1. The molecule has 0 heterocycles. The molecule has 0 fully saturated rings. The van der Waals surface area contributed by atoms with Crippen molar-refractivity contribution in [2.24, 2.45) is 5.73 Å². The van der Waals surface area contributed by atoms with Gasteiger partial charge in [-0.25, -0.2) is 4.39 Å². The molecule has 2 aromatic carbocycles. The highest BCUT2D eigenvalue weighted by molar-refractivity contribution is 5.44. The van der Waals surface area contributed by atoms with Gasteiger partial charge in [-0.05, 0) is 13.0 Å². The van der Waals surface area contributed by atoms with E-state index < -0.39 is 28.0 Å². The van der Waals surface area contributed by atoms with E-state index in [4.69, 9.17) is 10.5 Å². The number of nitro groups is 1. The largest absolute Gasteiger partial charge is 0.454 e. The highest BCUT2D eigenvalue weighted by Crippen LogP contribution is 2.31. The second-order valence-electron chi connectivity index (χ2n) is 4.41. The summed E-state index contributed by atoms with van der Waals surface area (Å²) in [6.07, 6.45) is 0. The number of ether oxygens (including phenoxy) is 1. The molecular weight excluding hydrogens is 282 g/mol.